The molecule has 1 aromatic carbocycles. The Bertz CT molecular complexity index is 769. The summed E-state index contributed by atoms with van der Waals surface area (Å²) in [4.78, 5) is 26.0. The number of benzene rings is 1. The second-order valence-corrected chi connectivity index (χ2v) is 6.24. The second kappa shape index (κ2) is 7.53. The summed E-state index contributed by atoms with van der Waals surface area (Å²) in [7, 11) is 0. The van der Waals surface area contributed by atoms with Crippen LogP contribution in [-0.2, 0) is 0 Å². The summed E-state index contributed by atoms with van der Waals surface area (Å²) in [6, 6.07) is 10.8. The van der Waals surface area contributed by atoms with Crippen molar-refractivity contribution in [1.82, 2.24) is 10.2 Å². The number of hydrogen-bond donors (Lipinski definition) is 2. The number of carbonyl (C=O) groups is 2. The molecule has 1 fully saturated rings. The molecule has 1 aliphatic rings. The average molecular weight is 341 g/mol. The lowest BCUT2D eigenvalue weighted by atomic mass is 10.1. The molecule has 2 heterocycles. The Kier molecular flexibility index (Phi) is 5.19. The molecule has 0 saturated carbocycles. The normalized spacial score (nSPS) is 17.6. The highest BCUT2D eigenvalue weighted by molar-refractivity contribution is 5.95. The van der Waals surface area contributed by atoms with Crippen LogP contribution in [0.15, 0.2) is 40.8 Å². The molecule has 1 aromatic heterocycles. The fourth-order valence-corrected chi connectivity index (χ4v) is 3.29. The van der Waals surface area contributed by atoms with Gasteiger partial charge in [-0.3, -0.25) is 14.5 Å². The van der Waals surface area contributed by atoms with E-state index in [0.717, 1.165) is 25.1 Å². The topological polar surface area (TPSA) is 88.6 Å². The molecule has 6 nitrogen and oxygen atoms in total. The summed E-state index contributed by atoms with van der Waals surface area (Å²) in [6.07, 6.45) is 2.31. The van der Waals surface area contributed by atoms with E-state index >= 15 is 0 Å². The monoisotopic (exact) mass is 341 g/mol. The summed E-state index contributed by atoms with van der Waals surface area (Å²) in [5.41, 5.74) is 6.50. The molecule has 1 atom stereocenters. The Balaban J connectivity index is 1.68. The van der Waals surface area contributed by atoms with E-state index in [1.807, 2.05) is 6.07 Å². The van der Waals surface area contributed by atoms with Gasteiger partial charge in [-0.05, 0) is 50.2 Å². The van der Waals surface area contributed by atoms with Crippen LogP contribution in [0.1, 0.15) is 40.7 Å². The highest BCUT2D eigenvalue weighted by Crippen LogP contribution is 2.23. The molecule has 0 spiro atoms. The first-order valence-electron chi connectivity index (χ1n) is 8.61. The number of hydrogen-bond acceptors (Lipinski definition) is 4. The molecule has 0 bridgehead atoms. The van der Waals surface area contributed by atoms with Gasteiger partial charge in [-0.25, -0.2) is 0 Å². The number of amides is 2. The number of nitrogens with zero attached hydrogens (tertiary/aromatic N) is 1. The Labute approximate surface area is 147 Å². The van der Waals surface area contributed by atoms with E-state index < -0.39 is 5.91 Å². The van der Waals surface area contributed by atoms with E-state index in [0.29, 0.717) is 23.9 Å². The summed E-state index contributed by atoms with van der Waals surface area (Å²) in [5.74, 6) is -0.106. The lowest BCUT2D eigenvalue weighted by Crippen LogP contribution is -2.40. The van der Waals surface area contributed by atoms with E-state index in [9.17, 15) is 9.59 Å². The molecule has 0 aliphatic carbocycles. The first-order valence-corrected chi connectivity index (χ1v) is 8.61. The van der Waals surface area contributed by atoms with E-state index in [1.54, 1.807) is 24.3 Å². The molecule has 1 aliphatic heterocycles. The molecule has 2 aromatic rings. The maximum absolute atomic E-state index is 12.5. The molecule has 25 heavy (non-hydrogen) atoms. The van der Waals surface area contributed by atoms with Crippen LogP contribution in [0.2, 0.25) is 0 Å². The quantitative estimate of drug-likeness (QED) is 0.843. The lowest BCUT2D eigenvalue weighted by Gasteiger charge is -2.22. The minimum absolute atomic E-state index is 0.103. The van der Waals surface area contributed by atoms with Crippen LogP contribution in [0.3, 0.4) is 0 Å². The van der Waals surface area contributed by atoms with Crippen LogP contribution in [-0.4, -0.2) is 42.4 Å². The van der Waals surface area contributed by atoms with Gasteiger partial charge >= 0.3 is 0 Å². The van der Waals surface area contributed by atoms with Gasteiger partial charge in [0, 0.05) is 23.7 Å². The van der Waals surface area contributed by atoms with Crippen molar-refractivity contribution in [3.8, 4) is 11.3 Å². The van der Waals surface area contributed by atoms with E-state index in [2.05, 4.69) is 17.1 Å². The van der Waals surface area contributed by atoms with Crippen LogP contribution < -0.4 is 11.1 Å². The molecule has 3 rings (SSSR count). The van der Waals surface area contributed by atoms with Crippen molar-refractivity contribution >= 4 is 11.8 Å². The van der Waals surface area contributed by atoms with Crippen molar-refractivity contribution in [2.45, 2.75) is 25.8 Å². The molecular weight excluding hydrogens is 318 g/mol. The summed E-state index contributed by atoms with van der Waals surface area (Å²) >= 11 is 0. The van der Waals surface area contributed by atoms with Crippen molar-refractivity contribution in [3.63, 3.8) is 0 Å². The predicted molar refractivity (Wildman–Crippen MR) is 95.3 cm³/mol. The van der Waals surface area contributed by atoms with Crippen molar-refractivity contribution in [1.29, 1.82) is 0 Å². The van der Waals surface area contributed by atoms with Gasteiger partial charge in [0.15, 0.2) is 5.76 Å². The number of carbonyl (C=O) groups excluding carboxylic acids is 2. The van der Waals surface area contributed by atoms with Crippen LogP contribution >= 0.6 is 0 Å². The van der Waals surface area contributed by atoms with E-state index in [4.69, 9.17) is 10.2 Å². The predicted octanol–water partition coefficient (Wildman–Crippen LogP) is 2.26. The maximum Gasteiger partial charge on any atom is 0.284 e. The van der Waals surface area contributed by atoms with E-state index in [1.165, 1.54) is 12.5 Å². The van der Waals surface area contributed by atoms with Gasteiger partial charge in [0.2, 0.25) is 0 Å². The largest absolute Gasteiger partial charge is 0.451 e. The highest BCUT2D eigenvalue weighted by Gasteiger charge is 2.23. The van der Waals surface area contributed by atoms with Gasteiger partial charge < -0.3 is 15.5 Å². The first kappa shape index (κ1) is 17.2. The molecular formula is C19H23N3O3. The molecule has 132 valence electrons. The Morgan fingerprint density at radius 2 is 2.16 bits per heavy atom. The third kappa shape index (κ3) is 3.91. The third-order valence-corrected chi connectivity index (χ3v) is 4.66. The van der Waals surface area contributed by atoms with Crippen LogP contribution in [0.5, 0.6) is 0 Å². The van der Waals surface area contributed by atoms with Crippen LogP contribution in [0.4, 0.5) is 0 Å². The zero-order valence-corrected chi connectivity index (χ0v) is 14.3. The fraction of sp³-hybridized carbons (Fsp3) is 0.368. The SMILES string of the molecule is CCN1CCC[C@@H]1CNC(=O)c1cccc(-c2ccc(C(N)=O)o2)c1. The van der Waals surface area contributed by atoms with Crippen molar-refractivity contribution < 1.29 is 14.0 Å². The standard InChI is InChI=1S/C19H23N3O3/c1-2-22-10-4-7-15(22)12-21-19(24)14-6-3-5-13(11-14)16-8-9-17(25-16)18(20)23/h3,5-6,8-9,11,15H,2,4,7,10,12H2,1H3,(H2,20,23)(H,21,24)/t15-/m1/s1. The molecule has 2 amide bonds. The number of rotatable bonds is 6. The first-order chi connectivity index (χ1) is 12.1. The van der Waals surface area contributed by atoms with Crippen molar-refractivity contribution in [2.24, 2.45) is 5.73 Å². The Hall–Kier alpha value is -2.60. The molecule has 0 unspecified atom stereocenters. The number of primary amides is 1. The van der Waals surface area contributed by atoms with Gasteiger partial charge in [0.1, 0.15) is 5.76 Å². The van der Waals surface area contributed by atoms with Crippen molar-refractivity contribution in [3.05, 3.63) is 47.7 Å². The van der Waals surface area contributed by atoms with Crippen molar-refractivity contribution in [2.75, 3.05) is 19.6 Å². The molecule has 0 radical (unpaired) electrons. The van der Waals surface area contributed by atoms with Gasteiger partial charge in [-0.15, -0.1) is 0 Å². The third-order valence-electron chi connectivity index (χ3n) is 4.66. The minimum Gasteiger partial charge on any atom is -0.451 e. The highest BCUT2D eigenvalue weighted by atomic mass is 16.3. The zero-order chi connectivity index (χ0) is 17.8. The lowest BCUT2D eigenvalue weighted by molar-refractivity contribution is 0.0939. The van der Waals surface area contributed by atoms with Crippen LogP contribution in [0.25, 0.3) is 11.3 Å². The maximum atomic E-state index is 12.5. The Morgan fingerprint density at radius 1 is 1.32 bits per heavy atom. The molecule has 1 saturated heterocycles. The summed E-state index contributed by atoms with van der Waals surface area (Å²) in [6.45, 7) is 4.92. The number of furan rings is 1. The Morgan fingerprint density at radius 3 is 2.88 bits per heavy atom. The van der Waals surface area contributed by atoms with Gasteiger partial charge in [-0.1, -0.05) is 19.1 Å². The average Bonchev–Trinajstić information content (AvgIpc) is 3.28. The zero-order valence-electron chi connectivity index (χ0n) is 14.3. The van der Waals surface area contributed by atoms with Gasteiger partial charge in [0.05, 0.1) is 0 Å². The number of likely N-dealkylation sites (N-methyl/N-ethyl adjacent to an activating group) is 1. The molecule has 6 heteroatoms. The summed E-state index contributed by atoms with van der Waals surface area (Å²) in [5, 5.41) is 3.02. The second-order valence-electron chi connectivity index (χ2n) is 6.24. The number of nitrogens with one attached hydrogen (secondary N) is 1. The minimum atomic E-state index is -0.614. The molecule has 3 N–H and O–H groups in total. The number of nitrogens with two attached hydrogens (primary N) is 1. The fourth-order valence-electron chi connectivity index (χ4n) is 3.29. The summed E-state index contributed by atoms with van der Waals surface area (Å²) < 4.78 is 5.42. The van der Waals surface area contributed by atoms with Gasteiger partial charge in [-0.2, -0.15) is 0 Å². The van der Waals surface area contributed by atoms with Gasteiger partial charge in [0.25, 0.3) is 11.8 Å². The smallest absolute Gasteiger partial charge is 0.284 e. The van der Waals surface area contributed by atoms with Crippen LogP contribution in [0, 0.1) is 0 Å². The number of likely N-dealkylation sites (tertiary alicyclic amines) is 1. The van der Waals surface area contributed by atoms with E-state index in [-0.39, 0.29) is 11.7 Å².